The third-order valence-electron chi connectivity index (χ3n) is 2.23. The van der Waals surface area contributed by atoms with Gasteiger partial charge in [-0.05, 0) is 12.1 Å². The maximum absolute atomic E-state index is 11.9. The van der Waals surface area contributed by atoms with Crippen LogP contribution in [0.15, 0.2) is 29.9 Å². The molecule has 7 heteroatoms. The fraction of sp³-hybridized carbons (Fsp3) is 0.0833. The minimum absolute atomic E-state index is 0.251. The molecule has 0 atom stereocenters. The number of aryl methyl sites for hydroxylation is 1. The van der Waals surface area contributed by atoms with Gasteiger partial charge in [-0.15, -0.1) is 11.3 Å². The van der Waals surface area contributed by atoms with Crippen molar-refractivity contribution in [2.75, 3.05) is 5.32 Å². The van der Waals surface area contributed by atoms with Crippen molar-refractivity contribution in [1.82, 2.24) is 9.78 Å². The number of amides is 1. The van der Waals surface area contributed by atoms with Crippen LogP contribution in [0.3, 0.4) is 0 Å². The molecule has 0 radical (unpaired) electrons. The van der Waals surface area contributed by atoms with Gasteiger partial charge in [0, 0.05) is 29.6 Å². The average Bonchev–Trinajstić information content (AvgIpc) is 2.95. The predicted molar refractivity (Wildman–Crippen MR) is 72.2 cm³/mol. The third kappa shape index (κ3) is 3.52. The number of rotatable bonds is 4. The summed E-state index contributed by atoms with van der Waals surface area (Å²) in [4.78, 5) is 23.0. The lowest BCUT2D eigenvalue weighted by atomic mass is 10.3. The van der Waals surface area contributed by atoms with Crippen LogP contribution < -0.4 is 5.32 Å². The van der Waals surface area contributed by atoms with Crippen LogP contribution in [0, 0.1) is 0 Å². The summed E-state index contributed by atoms with van der Waals surface area (Å²) in [6.07, 6.45) is 5.73. The zero-order chi connectivity index (χ0) is 13.8. The molecule has 2 aromatic heterocycles. The van der Waals surface area contributed by atoms with Crippen LogP contribution in [0.5, 0.6) is 0 Å². The number of anilines is 1. The third-order valence-corrected chi connectivity index (χ3v) is 3.13. The lowest BCUT2D eigenvalue weighted by molar-refractivity contribution is -0.131. The molecule has 0 saturated heterocycles. The van der Waals surface area contributed by atoms with Crippen LogP contribution in [0.25, 0.3) is 6.08 Å². The minimum atomic E-state index is -1.02. The van der Waals surface area contributed by atoms with Crippen LogP contribution >= 0.6 is 11.3 Å². The van der Waals surface area contributed by atoms with Crippen molar-refractivity contribution in [2.45, 2.75) is 0 Å². The number of hydrogen-bond donors (Lipinski definition) is 2. The van der Waals surface area contributed by atoms with Gasteiger partial charge in [0.05, 0.1) is 17.4 Å². The lowest BCUT2D eigenvalue weighted by Crippen LogP contribution is -2.10. The van der Waals surface area contributed by atoms with Gasteiger partial charge in [-0.25, -0.2) is 4.79 Å². The van der Waals surface area contributed by atoms with Crippen molar-refractivity contribution < 1.29 is 14.7 Å². The largest absolute Gasteiger partial charge is 0.478 e. The molecule has 0 aliphatic rings. The van der Waals surface area contributed by atoms with Gasteiger partial charge in [-0.2, -0.15) is 5.10 Å². The highest BCUT2D eigenvalue weighted by molar-refractivity contribution is 7.11. The Kier molecular flexibility index (Phi) is 3.76. The molecule has 1 amide bonds. The Morgan fingerprint density at radius 3 is 2.95 bits per heavy atom. The summed E-state index contributed by atoms with van der Waals surface area (Å²) >= 11 is 1.30. The summed E-state index contributed by atoms with van der Waals surface area (Å²) in [7, 11) is 1.76. The van der Waals surface area contributed by atoms with Gasteiger partial charge in [-0.1, -0.05) is 0 Å². The zero-order valence-electron chi connectivity index (χ0n) is 10.0. The second-order valence-corrected chi connectivity index (χ2v) is 4.71. The first-order valence-corrected chi connectivity index (χ1v) is 6.22. The summed E-state index contributed by atoms with van der Waals surface area (Å²) in [5.41, 5.74) is 1.10. The standard InChI is InChI=1S/C12H11N3O3S/c1-15-6-9(5-13-15)14-12(18)8-4-10(19-7-8)2-3-11(16)17/h2-7H,1H3,(H,14,18)(H,16,17). The molecule has 98 valence electrons. The molecule has 6 nitrogen and oxygen atoms in total. The number of carboxylic acids is 1. The first kappa shape index (κ1) is 13.0. The van der Waals surface area contributed by atoms with Crippen molar-refractivity contribution >= 4 is 35.0 Å². The quantitative estimate of drug-likeness (QED) is 0.835. The molecule has 0 aliphatic carbocycles. The van der Waals surface area contributed by atoms with E-state index >= 15 is 0 Å². The highest BCUT2D eigenvalue weighted by Gasteiger charge is 2.09. The average molecular weight is 277 g/mol. The van der Waals surface area contributed by atoms with Crippen molar-refractivity contribution in [3.05, 3.63) is 40.4 Å². The number of aromatic nitrogens is 2. The maximum Gasteiger partial charge on any atom is 0.328 e. The van der Waals surface area contributed by atoms with Gasteiger partial charge >= 0.3 is 5.97 Å². The fourth-order valence-electron chi connectivity index (χ4n) is 1.40. The van der Waals surface area contributed by atoms with Crippen LogP contribution in [0.1, 0.15) is 15.2 Å². The first-order chi connectivity index (χ1) is 9.04. The second kappa shape index (κ2) is 5.49. The van der Waals surface area contributed by atoms with E-state index in [9.17, 15) is 9.59 Å². The smallest absolute Gasteiger partial charge is 0.328 e. The highest BCUT2D eigenvalue weighted by Crippen LogP contribution is 2.17. The maximum atomic E-state index is 11.9. The number of nitrogens with zero attached hydrogens (tertiary/aromatic N) is 2. The van der Waals surface area contributed by atoms with Crippen LogP contribution in [0.2, 0.25) is 0 Å². The predicted octanol–water partition coefficient (Wildman–Crippen LogP) is 1.83. The Labute approximate surface area is 113 Å². The minimum Gasteiger partial charge on any atom is -0.478 e. The molecule has 0 aromatic carbocycles. The Morgan fingerprint density at radius 1 is 1.53 bits per heavy atom. The molecule has 2 rings (SSSR count). The number of hydrogen-bond acceptors (Lipinski definition) is 4. The lowest BCUT2D eigenvalue weighted by Gasteiger charge is -1.98. The first-order valence-electron chi connectivity index (χ1n) is 5.34. The monoisotopic (exact) mass is 277 g/mol. The number of carbonyl (C=O) groups is 2. The molecular weight excluding hydrogens is 266 g/mol. The topological polar surface area (TPSA) is 84.2 Å². The van der Waals surface area contributed by atoms with E-state index in [4.69, 9.17) is 5.11 Å². The normalized spacial score (nSPS) is 10.8. The number of nitrogens with one attached hydrogen (secondary N) is 1. The molecule has 2 heterocycles. The summed E-state index contributed by atoms with van der Waals surface area (Å²) < 4.78 is 1.59. The molecule has 0 aliphatic heterocycles. The zero-order valence-corrected chi connectivity index (χ0v) is 10.8. The van der Waals surface area contributed by atoms with E-state index in [1.165, 1.54) is 17.4 Å². The van der Waals surface area contributed by atoms with Crippen LogP contribution in [-0.4, -0.2) is 26.8 Å². The van der Waals surface area contributed by atoms with E-state index in [-0.39, 0.29) is 5.91 Å². The summed E-state index contributed by atoms with van der Waals surface area (Å²) in [5.74, 6) is -1.27. The second-order valence-electron chi connectivity index (χ2n) is 3.77. The van der Waals surface area contributed by atoms with E-state index in [1.54, 1.807) is 35.6 Å². The summed E-state index contributed by atoms with van der Waals surface area (Å²) in [5, 5.41) is 16.8. The highest BCUT2D eigenvalue weighted by atomic mass is 32.1. The Balaban J connectivity index is 2.06. The number of carboxylic acid groups (broad SMARTS) is 1. The Morgan fingerprint density at radius 2 is 2.32 bits per heavy atom. The molecule has 2 aromatic rings. The summed E-state index contributed by atoms with van der Waals surface area (Å²) in [6, 6.07) is 1.63. The van der Waals surface area contributed by atoms with Gasteiger partial charge in [0.2, 0.25) is 0 Å². The van der Waals surface area contributed by atoms with E-state index in [0.29, 0.717) is 16.1 Å². The van der Waals surface area contributed by atoms with Crippen LogP contribution in [-0.2, 0) is 11.8 Å². The SMILES string of the molecule is Cn1cc(NC(=O)c2csc(C=CC(=O)O)c2)cn1. The van der Waals surface area contributed by atoms with Gasteiger partial charge in [-0.3, -0.25) is 9.48 Å². The van der Waals surface area contributed by atoms with Crippen molar-refractivity contribution in [3.63, 3.8) is 0 Å². The van der Waals surface area contributed by atoms with Crippen molar-refractivity contribution in [1.29, 1.82) is 0 Å². The number of carbonyl (C=O) groups excluding carboxylic acids is 1. The Hall–Kier alpha value is -2.41. The number of thiophene rings is 1. The molecule has 2 N–H and O–H groups in total. The van der Waals surface area contributed by atoms with Gasteiger partial charge in [0.15, 0.2) is 0 Å². The molecule has 0 bridgehead atoms. The van der Waals surface area contributed by atoms with Crippen LogP contribution in [0.4, 0.5) is 5.69 Å². The fourth-order valence-corrected chi connectivity index (χ4v) is 2.18. The van der Waals surface area contributed by atoms with Crippen molar-refractivity contribution in [2.24, 2.45) is 7.05 Å². The molecule has 0 fully saturated rings. The van der Waals surface area contributed by atoms with E-state index in [1.807, 2.05) is 0 Å². The van der Waals surface area contributed by atoms with Gasteiger partial charge < -0.3 is 10.4 Å². The molecule has 0 saturated carbocycles. The Bertz CT molecular complexity index is 642. The molecule has 0 spiro atoms. The summed E-state index contributed by atoms with van der Waals surface area (Å²) in [6.45, 7) is 0. The van der Waals surface area contributed by atoms with E-state index in [0.717, 1.165) is 6.08 Å². The molecule has 0 unspecified atom stereocenters. The van der Waals surface area contributed by atoms with E-state index < -0.39 is 5.97 Å². The van der Waals surface area contributed by atoms with Gasteiger partial charge in [0.1, 0.15) is 0 Å². The van der Waals surface area contributed by atoms with Gasteiger partial charge in [0.25, 0.3) is 5.91 Å². The molecule has 19 heavy (non-hydrogen) atoms. The van der Waals surface area contributed by atoms with E-state index in [2.05, 4.69) is 10.4 Å². The number of aliphatic carboxylic acids is 1. The van der Waals surface area contributed by atoms with Crippen molar-refractivity contribution in [3.8, 4) is 0 Å². The molecular formula is C12H11N3O3S.